The van der Waals surface area contributed by atoms with Gasteiger partial charge in [-0.2, -0.15) is 0 Å². The van der Waals surface area contributed by atoms with Crippen molar-refractivity contribution in [2.45, 2.75) is 6.54 Å². The number of halogens is 2. The number of urea groups is 1. The van der Waals surface area contributed by atoms with E-state index in [1.807, 2.05) is 23.1 Å². The van der Waals surface area contributed by atoms with Gasteiger partial charge >= 0.3 is 6.03 Å². The molecule has 1 saturated heterocycles. The van der Waals surface area contributed by atoms with E-state index in [2.05, 4.69) is 33.4 Å². The van der Waals surface area contributed by atoms with E-state index < -0.39 is 0 Å². The molecule has 2 N–H and O–H groups in total. The van der Waals surface area contributed by atoms with Gasteiger partial charge in [0.05, 0.1) is 44.0 Å². The minimum Gasteiger partial charge on any atom is -0.497 e. The summed E-state index contributed by atoms with van der Waals surface area (Å²) in [5, 5.41) is 3.42. The van der Waals surface area contributed by atoms with Crippen molar-refractivity contribution in [3.8, 4) is 5.75 Å². The summed E-state index contributed by atoms with van der Waals surface area (Å²) in [6, 6.07) is 13.5. The lowest BCUT2D eigenvalue weighted by atomic mass is 10.2. The number of ether oxygens (including phenoxy) is 1. The van der Waals surface area contributed by atoms with Crippen LogP contribution in [0.4, 0.5) is 10.5 Å². The van der Waals surface area contributed by atoms with Crippen molar-refractivity contribution in [2.24, 2.45) is 0 Å². The lowest BCUT2D eigenvalue weighted by Crippen LogP contribution is -3.13. The third kappa shape index (κ3) is 4.90. The number of quaternary nitrogens is 1. The normalized spacial score (nSPS) is 15.0. The van der Waals surface area contributed by atoms with E-state index in [-0.39, 0.29) is 6.03 Å². The maximum atomic E-state index is 12.5. The number of anilines is 1. The zero-order valence-corrected chi connectivity index (χ0v) is 16.9. The van der Waals surface area contributed by atoms with Crippen LogP contribution < -0.4 is 15.0 Å². The number of rotatable bonds is 4. The second-order valence-corrected chi connectivity index (χ2v) is 7.64. The van der Waals surface area contributed by atoms with Gasteiger partial charge in [0.1, 0.15) is 12.3 Å². The van der Waals surface area contributed by atoms with Gasteiger partial charge in [-0.3, -0.25) is 0 Å². The standard InChI is InChI=1S/C19H21BrClN3O2/c1-26-16-4-2-3-14(11-16)13-23-7-9-24(10-8-23)19(25)22-18-6-5-15(20)12-17(18)21/h2-6,11-12H,7-10,13H2,1H3,(H,22,25)/p+1. The Balaban J connectivity index is 1.52. The van der Waals surface area contributed by atoms with Crippen LogP contribution in [0.25, 0.3) is 0 Å². The lowest BCUT2D eigenvalue weighted by Gasteiger charge is -2.32. The van der Waals surface area contributed by atoms with Gasteiger partial charge in [-0.15, -0.1) is 0 Å². The van der Waals surface area contributed by atoms with Crippen molar-refractivity contribution in [3.05, 3.63) is 57.5 Å². The highest BCUT2D eigenvalue weighted by atomic mass is 79.9. The molecule has 0 aromatic heterocycles. The molecule has 1 aliphatic heterocycles. The minimum atomic E-state index is -0.102. The third-order valence-electron chi connectivity index (χ3n) is 4.52. The monoisotopic (exact) mass is 438 g/mol. The molecule has 3 rings (SSSR count). The Kier molecular flexibility index (Phi) is 6.40. The van der Waals surface area contributed by atoms with Crippen molar-refractivity contribution in [1.29, 1.82) is 0 Å². The summed E-state index contributed by atoms with van der Waals surface area (Å²) in [4.78, 5) is 15.8. The molecule has 5 nitrogen and oxygen atoms in total. The number of hydrogen-bond acceptors (Lipinski definition) is 2. The van der Waals surface area contributed by atoms with Crippen LogP contribution in [0.5, 0.6) is 5.75 Å². The third-order valence-corrected chi connectivity index (χ3v) is 5.32. The molecular weight excluding hydrogens is 418 g/mol. The second kappa shape index (κ2) is 8.75. The molecule has 0 atom stereocenters. The van der Waals surface area contributed by atoms with E-state index in [9.17, 15) is 4.79 Å². The molecule has 1 heterocycles. The number of nitrogens with one attached hydrogen (secondary N) is 2. The molecule has 2 amide bonds. The fraction of sp³-hybridized carbons (Fsp3) is 0.316. The van der Waals surface area contributed by atoms with Gasteiger partial charge in [0.2, 0.25) is 0 Å². The topological polar surface area (TPSA) is 46.0 Å². The number of methoxy groups -OCH3 is 1. The predicted molar refractivity (Wildman–Crippen MR) is 107 cm³/mol. The van der Waals surface area contributed by atoms with Crippen LogP contribution in [-0.4, -0.2) is 44.2 Å². The zero-order valence-electron chi connectivity index (χ0n) is 14.6. The van der Waals surface area contributed by atoms with E-state index in [0.29, 0.717) is 10.7 Å². The number of nitrogens with zero attached hydrogens (tertiary/aromatic N) is 1. The molecule has 0 saturated carbocycles. The molecule has 0 bridgehead atoms. The fourth-order valence-electron chi connectivity index (χ4n) is 3.06. The first-order chi connectivity index (χ1) is 12.5. The predicted octanol–water partition coefficient (Wildman–Crippen LogP) is 3.04. The minimum absolute atomic E-state index is 0.102. The van der Waals surface area contributed by atoms with Gasteiger partial charge in [-0.1, -0.05) is 39.7 Å². The molecule has 2 aromatic carbocycles. The fourth-order valence-corrected chi connectivity index (χ4v) is 3.78. The Hall–Kier alpha value is -1.76. The summed E-state index contributed by atoms with van der Waals surface area (Å²) in [5.41, 5.74) is 1.88. The smallest absolute Gasteiger partial charge is 0.322 e. The van der Waals surface area contributed by atoms with Gasteiger partial charge in [0.25, 0.3) is 0 Å². The van der Waals surface area contributed by atoms with E-state index in [0.717, 1.165) is 42.9 Å². The molecule has 0 aliphatic carbocycles. The maximum absolute atomic E-state index is 12.5. The summed E-state index contributed by atoms with van der Waals surface area (Å²) in [5.74, 6) is 0.881. The Bertz CT molecular complexity index is 779. The molecule has 2 aromatic rings. The molecular formula is C19H22BrClN3O2+. The molecule has 0 radical (unpaired) electrons. The number of amides is 2. The number of hydrogen-bond donors (Lipinski definition) is 2. The summed E-state index contributed by atoms with van der Waals surface area (Å²) in [7, 11) is 1.68. The number of benzene rings is 2. The average molecular weight is 440 g/mol. The Morgan fingerprint density at radius 3 is 2.73 bits per heavy atom. The van der Waals surface area contributed by atoms with Gasteiger partial charge in [0, 0.05) is 10.0 Å². The lowest BCUT2D eigenvalue weighted by molar-refractivity contribution is -0.917. The zero-order chi connectivity index (χ0) is 18.5. The molecule has 138 valence electrons. The first-order valence-electron chi connectivity index (χ1n) is 8.52. The van der Waals surface area contributed by atoms with Crippen molar-refractivity contribution < 1.29 is 14.4 Å². The van der Waals surface area contributed by atoms with Crippen LogP contribution in [0.15, 0.2) is 46.9 Å². The second-order valence-electron chi connectivity index (χ2n) is 6.32. The van der Waals surface area contributed by atoms with E-state index in [1.54, 1.807) is 19.2 Å². The number of carbonyl (C=O) groups is 1. The summed E-state index contributed by atoms with van der Waals surface area (Å²) in [6.07, 6.45) is 0. The van der Waals surface area contributed by atoms with E-state index >= 15 is 0 Å². The molecule has 1 aliphatic rings. The van der Waals surface area contributed by atoms with Gasteiger partial charge in [0.15, 0.2) is 0 Å². The van der Waals surface area contributed by atoms with E-state index in [4.69, 9.17) is 16.3 Å². The molecule has 7 heteroatoms. The summed E-state index contributed by atoms with van der Waals surface area (Å²) in [6.45, 7) is 4.21. The highest BCUT2D eigenvalue weighted by Gasteiger charge is 2.24. The van der Waals surface area contributed by atoms with Crippen LogP contribution >= 0.6 is 27.5 Å². The SMILES string of the molecule is COc1cccc(C[NH+]2CCN(C(=O)Nc3ccc(Br)cc3Cl)CC2)c1. The van der Waals surface area contributed by atoms with Gasteiger partial charge < -0.3 is 19.9 Å². The van der Waals surface area contributed by atoms with Crippen LogP contribution in [0.3, 0.4) is 0 Å². The van der Waals surface area contributed by atoms with Crippen molar-refractivity contribution in [2.75, 3.05) is 38.6 Å². The van der Waals surface area contributed by atoms with Crippen LogP contribution in [-0.2, 0) is 6.54 Å². The molecule has 0 unspecified atom stereocenters. The van der Waals surface area contributed by atoms with Crippen molar-refractivity contribution in [1.82, 2.24) is 4.90 Å². The van der Waals surface area contributed by atoms with E-state index in [1.165, 1.54) is 10.5 Å². The largest absolute Gasteiger partial charge is 0.497 e. The number of carbonyl (C=O) groups excluding carboxylic acids is 1. The highest BCUT2D eigenvalue weighted by Crippen LogP contribution is 2.25. The Morgan fingerprint density at radius 1 is 1.27 bits per heavy atom. The first kappa shape index (κ1) is 19.0. The quantitative estimate of drug-likeness (QED) is 0.769. The van der Waals surface area contributed by atoms with Gasteiger partial charge in [-0.05, 0) is 30.3 Å². The number of piperazine rings is 1. The first-order valence-corrected chi connectivity index (χ1v) is 9.70. The van der Waals surface area contributed by atoms with Crippen LogP contribution in [0, 0.1) is 0 Å². The van der Waals surface area contributed by atoms with Crippen molar-refractivity contribution >= 4 is 39.2 Å². The van der Waals surface area contributed by atoms with Gasteiger partial charge in [-0.25, -0.2) is 4.79 Å². The van der Waals surface area contributed by atoms with Crippen LogP contribution in [0.1, 0.15) is 5.56 Å². The Morgan fingerprint density at radius 2 is 2.04 bits per heavy atom. The summed E-state index contributed by atoms with van der Waals surface area (Å²) >= 11 is 9.54. The molecule has 1 fully saturated rings. The van der Waals surface area contributed by atoms with Crippen molar-refractivity contribution in [3.63, 3.8) is 0 Å². The maximum Gasteiger partial charge on any atom is 0.322 e. The average Bonchev–Trinajstić information content (AvgIpc) is 2.64. The molecule has 26 heavy (non-hydrogen) atoms. The summed E-state index contributed by atoms with van der Waals surface area (Å²) < 4.78 is 6.17. The molecule has 0 spiro atoms. The van der Waals surface area contributed by atoms with Crippen LogP contribution in [0.2, 0.25) is 5.02 Å². The Labute approximate surface area is 167 Å². The highest BCUT2D eigenvalue weighted by molar-refractivity contribution is 9.10.